The van der Waals surface area contributed by atoms with Crippen LogP contribution in [0, 0.1) is 6.92 Å². The highest BCUT2D eigenvalue weighted by atomic mass is 16.5. The molecular weight excluding hydrogens is 604 g/mol. The Kier molecular flexibility index (Phi) is 10.8. The Labute approximate surface area is 284 Å². The van der Waals surface area contributed by atoms with Gasteiger partial charge in [0.1, 0.15) is 11.5 Å². The molecule has 0 fully saturated rings. The zero-order valence-electron chi connectivity index (χ0n) is 29.5. The number of rotatable bonds is 7. The van der Waals surface area contributed by atoms with Crippen LogP contribution < -0.4 is 29.0 Å². The molecule has 0 radical (unpaired) electrons. The second-order valence-electron chi connectivity index (χ2n) is 13.2. The standard InChI is InChI=1S/C29H33NO4.C11H15NO2/c1-19-24(8-7-9-25(19)34-23-12-10-22(11-13-23)29(2,3)4)28(31)30-15-14-20-16-26(32-5)27(33-6)17-21(20)18-30;1-13-10-5-8-3-4-12-7-9(8)6-11(10)14-2/h7-13,16-17H,14-15,18H2,1-6H3;5-6,12H,3-4,7H2,1-2H3. The topological polar surface area (TPSA) is 78.5 Å². The van der Waals surface area contributed by atoms with Gasteiger partial charge in [-0.2, -0.15) is 0 Å². The average molecular weight is 653 g/mol. The Morgan fingerprint density at radius 1 is 0.708 bits per heavy atom. The van der Waals surface area contributed by atoms with Gasteiger partial charge in [-0.1, -0.05) is 39.0 Å². The lowest BCUT2D eigenvalue weighted by atomic mass is 9.87. The van der Waals surface area contributed by atoms with Gasteiger partial charge < -0.3 is 33.9 Å². The molecule has 8 heteroatoms. The van der Waals surface area contributed by atoms with Crippen LogP contribution >= 0.6 is 0 Å². The van der Waals surface area contributed by atoms with Crippen molar-refractivity contribution in [2.75, 3.05) is 41.5 Å². The second kappa shape index (κ2) is 15.0. The number of ether oxygens (including phenoxy) is 5. The summed E-state index contributed by atoms with van der Waals surface area (Å²) in [6.45, 7) is 11.7. The third-order valence-electron chi connectivity index (χ3n) is 9.06. The van der Waals surface area contributed by atoms with E-state index in [1.807, 2.05) is 54.3 Å². The summed E-state index contributed by atoms with van der Waals surface area (Å²) in [5.41, 5.74) is 7.78. The van der Waals surface area contributed by atoms with Gasteiger partial charge in [-0.3, -0.25) is 4.79 Å². The molecule has 0 bridgehead atoms. The highest BCUT2D eigenvalue weighted by Gasteiger charge is 2.25. The Bertz CT molecular complexity index is 1700. The number of nitrogens with one attached hydrogen (secondary N) is 1. The molecule has 254 valence electrons. The summed E-state index contributed by atoms with van der Waals surface area (Å²) >= 11 is 0. The molecule has 0 unspecified atom stereocenters. The minimum atomic E-state index is 0.00599. The molecule has 0 saturated carbocycles. The number of amides is 1. The summed E-state index contributed by atoms with van der Waals surface area (Å²) in [7, 11) is 6.60. The number of hydrogen-bond acceptors (Lipinski definition) is 7. The number of fused-ring (bicyclic) bond motifs is 2. The summed E-state index contributed by atoms with van der Waals surface area (Å²) in [4.78, 5) is 15.4. The van der Waals surface area contributed by atoms with E-state index in [4.69, 9.17) is 23.7 Å². The maximum absolute atomic E-state index is 13.5. The lowest BCUT2D eigenvalue weighted by Gasteiger charge is -2.30. The molecule has 6 rings (SSSR count). The second-order valence-corrected chi connectivity index (χ2v) is 13.2. The average Bonchev–Trinajstić information content (AvgIpc) is 3.10. The van der Waals surface area contributed by atoms with Gasteiger partial charge >= 0.3 is 0 Å². The van der Waals surface area contributed by atoms with Crippen molar-refractivity contribution in [3.63, 3.8) is 0 Å². The summed E-state index contributed by atoms with van der Waals surface area (Å²) in [6, 6.07) is 21.9. The highest BCUT2D eigenvalue weighted by Crippen LogP contribution is 2.35. The summed E-state index contributed by atoms with van der Waals surface area (Å²) in [5.74, 6) is 4.50. The van der Waals surface area contributed by atoms with Gasteiger partial charge in [0.05, 0.1) is 28.4 Å². The van der Waals surface area contributed by atoms with E-state index in [9.17, 15) is 4.79 Å². The van der Waals surface area contributed by atoms with Crippen LogP contribution in [0.4, 0.5) is 0 Å². The molecule has 0 spiro atoms. The van der Waals surface area contributed by atoms with Gasteiger partial charge in [0.15, 0.2) is 23.0 Å². The van der Waals surface area contributed by atoms with Gasteiger partial charge in [-0.15, -0.1) is 0 Å². The first-order chi connectivity index (χ1) is 23.1. The van der Waals surface area contributed by atoms with Crippen molar-refractivity contribution in [2.24, 2.45) is 0 Å². The Balaban J connectivity index is 0.000000267. The predicted octanol–water partition coefficient (Wildman–Crippen LogP) is 7.65. The summed E-state index contributed by atoms with van der Waals surface area (Å²) < 4.78 is 27.6. The first-order valence-corrected chi connectivity index (χ1v) is 16.4. The predicted molar refractivity (Wildman–Crippen MR) is 189 cm³/mol. The zero-order chi connectivity index (χ0) is 34.4. The van der Waals surface area contributed by atoms with Crippen LogP contribution in [0.5, 0.6) is 34.5 Å². The molecule has 2 heterocycles. The van der Waals surface area contributed by atoms with Crippen LogP contribution in [0.1, 0.15) is 64.5 Å². The van der Waals surface area contributed by atoms with Crippen LogP contribution in [0.2, 0.25) is 0 Å². The molecular formula is C40H48N2O6. The maximum atomic E-state index is 13.5. The van der Waals surface area contributed by atoms with Gasteiger partial charge in [-0.25, -0.2) is 0 Å². The van der Waals surface area contributed by atoms with Crippen molar-refractivity contribution in [2.45, 2.75) is 59.0 Å². The van der Waals surface area contributed by atoms with E-state index in [-0.39, 0.29) is 11.3 Å². The van der Waals surface area contributed by atoms with Crippen LogP contribution in [0.15, 0.2) is 66.7 Å². The molecule has 0 aliphatic carbocycles. The van der Waals surface area contributed by atoms with Gasteiger partial charge in [-0.05, 0) is 108 Å². The monoisotopic (exact) mass is 652 g/mol. The van der Waals surface area contributed by atoms with Crippen molar-refractivity contribution < 1.29 is 28.5 Å². The lowest BCUT2D eigenvalue weighted by molar-refractivity contribution is 0.0733. The molecule has 4 aromatic rings. The van der Waals surface area contributed by atoms with Crippen LogP contribution in [0.25, 0.3) is 0 Å². The molecule has 0 saturated heterocycles. The fourth-order valence-electron chi connectivity index (χ4n) is 6.14. The molecule has 2 aliphatic rings. The first-order valence-electron chi connectivity index (χ1n) is 16.4. The maximum Gasteiger partial charge on any atom is 0.254 e. The summed E-state index contributed by atoms with van der Waals surface area (Å²) in [5, 5.41) is 3.33. The fourth-order valence-corrected chi connectivity index (χ4v) is 6.14. The third-order valence-corrected chi connectivity index (χ3v) is 9.06. The largest absolute Gasteiger partial charge is 0.493 e. The zero-order valence-corrected chi connectivity index (χ0v) is 29.5. The van der Waals surface area contributed by atoms with Crippen molar-refractivity contribution in [1.82, 2.24) is 10.2 Å². The quantitative estimate of drug-likeness (QED) is 0.220. The minimum absolute atomic E-state index is 0.00599. The normalized spacial score (nSPS) is 13.7. The van der Waals surface area contributed by atoms with Crippen LogP contribution in [-0.4, -0.2) is 52.3 Å². The van der Waals surface area contributed by atoms with Crippen molar-refractivity contribution in [1.29, 1.82) is 0 Å². The molecule has 8 nitrogen and oxygen atoms in total. The van der Waals surface area contributed by atoms with Gasteiger partial charge in [0.25, 0.3) is 5.91 Å². The molecule has 1 amide bonds. The third kappa shape index (κ3) is 7.71. The van der Waals surface area contributed by atoms with E-state index in [0.717, 1.165) is 60.1 Å². The number of carbonyl (C=O) groups excluding carboxylic acids is 1. The molecule has 0 aromatic heterocycles. The SMILES string of the molecule is COc1cc2c(cc1OC)CN(C(=O)c1cccc(Oc3ccc(C(C)(C)C)cc3)c1C)CC2.COc1cc2c(cc1OC)CNCC2. The van der Waals surface area contributed by atoms with Crippen molar-refractivity contribution in [3.05, 3.63) is 106 Å². The lowest BCUT2D eigenvalue weighted by Crippen LogP contribution is -2.36. The van der Waals surface area contributed by atoms with E-state index in [1.54, 1.807) is 28.4 Å². The van der Waals surface area contributed by atoms with E-state index in [1.165, 1.54) is 22.3 Å². The van der Waals surface area contributed by atoms with Crippen LogP contribution in [0.3, 0.4) is 0 Å². The molecule has 48 heavy (non-hydrogen) atoms. The number of methoxy groups -OCH3 is 4. The van der Waals surface area contributed by atoms with Crippen LogP contribution in [-0.2, 0) is 31.3 Å². The van der Waals surface area contributed by atoms with Crippen molar-refractivity contribution >= 4 is 5.91 Å². The van der Waals surface area contributed by atoms with E-state index in [0.29, 0.717) is 30.2 Å². The van der Waals surface area contributed by atoms with Gasteiger partial charge in [0, 0.05) is 30.8 Å². The Morgan fingerprint density at radius 2 is 1.27 bits per heavy atom. The number of benzene rings is 4. The van der Waals surface area contributed by atoms with E-state index < -0.39 is 0 Å². The van der Waals surface area contributed by atoms with Crippen molar-refractivity contribution in [3.8, 4) is 34.5 Å². The first kappa shape index (κ1) is 34.6. The molecule has 0 atom stereocenters. The van der Waals surface area contributed by atoms with E-state index in [2.05, 4.69) is 50.4 Å². The number of nitrogens with zero attached hydrogens (tertiary/aromatic N) is 1. The number of hydrogen-bond donors (Lipinski definition) is 1. The minimum Gasteiger partial charge on any atom is -0.493 e. The molecule has 1 N–H and O–H groups in total. The molecule has 2 aliphatic heterocycles. The van der Waals surface area contributed by atoms with E-state index >= 15 is 0 Å². The Morgan fingerprint density at radius 3 is 1.85 bits per heavy atom. The number of carbonyl (C=O) groups is 1. The smallest absolute Gasteiger partial charge is 0.254 e. The van der Waals surface area contributed by atoms with Gasteiger partial charge in [0.2, 0.25) is 0 Å². The summed E-state index contributed by atoms with van der Waals surface area (Å²) in [6.07, 6.45) is 1.84. The fraction of sp³-hybridized carbons (Fsp3) is 0.375. The molecule has 4 aromatic carbocycles. The highest BCUT2D eigenvalue weighted by molar-refractivity contribution is 5.96. The Hall–Kier alpha value is -4.69.